The van der Waals surface area contributed by atoms with Gasteiger partial charge in [0.1, 0.15) is 0 Å². The Morgan fingerprint density at radius 1 is 1.05 bits per heavy atom. The van der Waals surface area contributed by atoms with Crippen LogP contribution in [0.4, 0.5) is 5.69 Å². The van der Waals surface area contributed by atoms with E-state index < -0.39 is 0 Å². The monoisotopic (exact) mass is 280 g/mol. The lowest BCUT2D eigenvalue weighted by Crippen LogP contribution is -1.91. The molecule has 0 atom stereocenters. The van der Waals surface area contributed by atoms with Crippen molar-refractivity contribution in [3.8, 4) is 0 Å². The van der Waals surface area contributed by atoms with Gasteiger partial charge >= 0.3 is 0 Å². The van der Waals surface area contributed by atoms with E-state index >= 15 is 0 Å². The fourth-order valence-electron chi connectivity index (χ4n) is 2.22. The molecule has 2 N–H and O–H groups in total. The van der Waals surface area contributed by atoms with Crippen LogP contribution in [0.3, 0.4) is 0 Å². The minimum absolute atomic E-state index is 0.737. The molecule has 0 aliphatic rings. The molecule has 1 heterocycles. The molecular weight excluding hydrogens is 264 g/mol. The first-order chi connectivity index (χ1) is 9.75. The van der Waals surface area contributed by atoms with Gasteiger partial charge in [-0.3, -0.25) is 4.98 Å². The number of anilines is 1. The van der Waals surface area contributed by atoms with Gasteiger partial charge in [-0.2, -0.15) is 0 Å². The standard InChI is InChI=1S/C17H16N2S/c1-12-5-2-3-6-13(12)11-20-16-9-8-15(18)17-14(16)7-4-10-19-17/h2-10H,11,18H2,1H3. The van der Waals surface area contributed by atoms with Crippen molar-refractivity contribution >= 4 is 28.4 Å². The fourth-order valence-corrected chi connectivity index (χ4v) is 3.34. The molecule has 0 unspecified atom stereocenters. The second-order valence-electron chi connectivity index (χ2n) is 4.77. The normalized spacial score (nSPS) is 10.8. The van der Waals surface area contributed by atoms with Gasteiger partial charge in [-0.25, -0.2) is 0 Å². The quantitative estimate of drug-likeness (QED) is 0.570. The zero-order chi connectivity index (χ0) is 13.9. The van der Waals surface area contributed by atoms with E-state index in [-0.39, 0.29) is 0 Å². The van der Waals surface area contributed by atoms with Crippen LogP contribution in [-0.2, 0) is 5.75 Å². The smallest absolute Gasteiger partial charge is 0.0942 e. The molecule has 20 heavy (non-hydrogen) atoms. The van der Waals surface area contributed by atoms with Gasteiger partial charge in [0.15, 0.2) is 0 Å². The number of aryl methyl sites for hydroxylation is 1. The maximum atomic E-state index is 5.98. The molecule has 3 heteroatoms. The highest BCUT2D eigenvalue weighted by atomic mass is 32.2. The first-order valence-electron chi connectivity index (χ1n) is 6.56. The third kappa shape index (κ3) is 2.49. The van der Waals surface area contributed by atoms with Gasteiger partial charge in [0.2, 0.25) is 0 Å². The summed E-state index contributed by atoms with van der Waals surface area (Å²) in [4.78, 5) is 5.60. The summed E-state index contributed by atoms with van der Waals surface area (Å²) in [5, 5.41) is 1.13. The lowest BCUT2D eigenvalue weighted by molar-refractivity contribution is 1.30. The topological polar surface area (TPSA) is 38.9 Å². The van der Waals surface area contributed by atoms with E-state index in [1.807, 2.05) is 23.9 Å². The van der Waals surface area contributed by atoms with Gasteiger partial charge in [0.25, 0.3) is 0 Å². The predicted octanol–water partition coefficient (Wildman–Crippen LogP) is 4.42. The molecule has 3 rings (SSSR count). The molecule has 0 saturated heterocycles. The molecule has 3 aromatic rings. The molecule has 2 aromatic carbocycles. The van der Waals surface area contributed by atoms with Crippen LogP contribution in [0.25, 0.3) is 10.9 Å². The van der Waals surface area contributed by atoms with Crippen LogP contribution in [-0.4, -0.2) is 4.98 Å². The van der Waals surface area contributed by atoms with E-state index in [4.69, 9.17) is 5.73 Å². The number of hydrogen-bond acceptors (Lipinski definition) is 3. The number of rotatable bonds is 3. The molecular formula is C17H16N2S. The Morgan fingerprint density at radius 3 is 2.75 bits per heavy atom. The van der Waals surface area contributed by atoms with Crippen molar-refractivity contribution in [1.82, 2.24) is 4.98 Å². The minimum Gasteiger partial charge on any atom is -0.397 e. The molecule has 0 amide bonds. The number of pyridine rings is 1. The minimum atomic E-state index is 0.737. The predicted molar refractivity (Wildman–Crippen MR) is 86.9 cm³/mol. The molecule has 0 spiro atoms. The van der Waals surface area contributed by atoms with Gasteiger partial charge in [-0.15, -0.1) is 11.8 Å². The van der Waals surface area contributed by atoms with Crippen molar-refractivity contribution in [2.45, 2.75) is 17.6 Å². The second kappa shape index (κ2) is 5.55. The van der Waals surface area contributed by atoms with Crippen LogP contribution < -0.4 is 5.73 Å². The Hall–Kier alpha value is -2.00. The van der Waals surface area contributed by atoms with E-state index in [2.05, 4.69) is 48.3 Å². The molecule has 0 aliphatic carbocycles. The summed E-state index contributed by atoms with van der Waals surface area (Å²) in [6.07, 6.45) is 1.79. The van der Waals surface area contributed by atoms with Crippen molar-refractivity contribution < 1.29 is 0 Å². The largest absolute Gasteiger partial charge is 0.397 e. The molecule has 2 nitrogen and oxygen atoms in total. The highest BCUT2D eigenvalue weighted by Crippen LogP contribution is 2.32. The molecule has 0 bridgehead atoms. The van der Waals surface area contributed by atoms with Crippen molar-refractivity contribution in [2.24, 2.45) is 0 Å². The van der Waals surface area contributed by atoms with E-state index in [9.17, 15) is 0 Å². The van der Waals surface area contributed by atoms with Crippen LogP contribution in [0.15, 0.2) is 59.6 Å². The van der Waals surface area contributed by atoms with E-state index in [0.29, 0.717) is 0 Å². The van der Waals surface area contributed by atoms with Crippen molar-refractivity contribution in [3.63, 3.8) is 0 Å². The van der Waals surface area contributed by atoms with Crippen molar-refractivity contribution in [3.05, 3.63) is 65.9 Å². The van der Waals surface area contributed by atoms with Gasteiger partial charge in [0, 0.05) is 22.2 Å². The van der Waals surface area contributed by atoms with Gasteiger partial charge < -0.3 is 5.73 Å². The molecule has 0 aliphatic heterocycles. The fraction of sp³-hybridized carbons (Fsp3) is 0.118. The average Bonchev–Trinajstić information content (AvgIpc) is 2.48. The molecule has 0 fully saturated rings. The number of thioether (sulfide) groups is 1. The lowest BCUT2D eigenvalue weighted by atomic mass is 10.1. The number of aromatic nitrogens is 1. The summed E-state index contributed by atoms with van der Waals surface area (Å²) in [6.45, 7) is 2.15. The van der Waals surface area contributed by atoms with Gasteiger partial charge in [-0.1, -0.05) is 30.3 Å². The van der Waals surface area contributed by atoms with E-state index in [1.165, 1.54) is 16.0 Å². The number of nitrogens with zero attached hydrogens (tertiary/aromatic N) is 1. The zero-order valence-electron chi connectivity index (χ0n) is 11.3. The third-order valence-electron chi connectivity index (χ3n) is 3.41. The van der Waals surface area contributed by atoms with Gasteiger partial charge in [0.05, 0.1) is 11.2 Å². The molecule has 0 radical (unpaired) electrons. The average molecular weight is 280 g/mol. The molecule has 1 aromatic heterocycles. The van der Waals surface area contributed by atoms with Crippen LogP contribution in [0.2, 0.25) is 0 Å². The van der Waals surface area contributed by atoms with Crippen LogP contribution >= 0.6 is 11.8 Å². The third-order valence-corrected chi connectivity index (χ3v) is 4.53. The van der Waals surface area contributed by atoms with E-state index in [0.717, 1.165) is 22.3 Å². The number of benzene rings is 2. The summed E-state index contributed by atoms with van der Waals surface area (Å²) in [6, 6.07) is 16.6. The van der Waals surface area contributed by atoms with Crippen LogP contribution in [0.5, 0.6) is 0 Å². The number of fused-ring (bicyclic) bond motifs is 1. The second-order valence-corrected chi connectivity index (χ2v) is 5.78. The number of nitrogen functional groups attached to an aromatic ring is 1. The molecule has 100 valence electrons. The highest BCUT2D eigenvalue weighted by molar-refractivity contribution is 7.98. The van der Waals surface area contributed by atoms with Crippen LogP contribution in [0.1, 0.15) is 11.1 Å². The first-order valence-corrected chi connectivity index (χ1v) is 7.55. The molecule has 0 saturated carbocycles. The van der Waals surface area contributed by atoms with E-state index in [1.54, 1.807) is 6.20 Å². The summed E-state index contributed by atoms with van der Waals surface area (Å²) >= 11 is 1.83. The Morgan fingerprint density at radius 2 is 1.90 bits per heavy atom. The van der Waals surface area contributed by atoms with Crippen LogP contribution in [0, 0.1) is 6.92 Å². The Balaban J connectivity index is 1.92. The summed E-state index contributed by atoms with van der Waals surface area (Å²) in [5.41, 5.74) is 10.3. The van der Waals surface area contributed by atoms with Crippen molar-refractivity contribution in [1.29, 1.82) is 0 Å². The lowest BCUT2D eigenvalue weighted by Gasteiger charge is -2.09. The summed E-state index contributed by atoms with van der Waals surface area (Å²) < 4.78 is 0. The maximum absolute atomic E-state index is 5.98. The zero-order valence-corrected chi connectivity index (χ0v) is 12.2. The Bertz CT molecular complexity index is 753. The summed E-state index contributed by atoms with van der Waals surface area (Å²) in [5.74, 6) is 0.959. The summed E-state index contributed by atoms with van der Waals surface area (Å²) in [7, 11) is 0. The Labute approximate surface area is 123 Å². The number of nitrogens with two attached hydrogens (primary N) is 1. The van der Waals surface area contributed by atoms with Crippen molar-refractivity contribution in [2.75, 3.05) is 5.73 Å². The SMILES string of the molecule is Cc1ccccc1CSc1ccc(N)c2ncccc12. The number of hydrogen-bond donors (Lipinski definition) is 1. The highest BCUT2D eigenvalue weighted by Gasteiger charge is 2.06. The first kappa shape index (κ1) is 13.0. The Kier molecular flexibility index (Phi) is 3.61. The van der Waals surface area contributed by atoms with Gasteiger partial charge in [-0.05, 0) is 36.2 Å². The maximum Gasteiger partial charge on any atom is 0.0942 e.